The molecule has 0 saturated carbocycles. The third-order valence-electron chi connectivity index (χ3n) is 5.42. The van der Waals surface area contributed by atoms with E-state index in [1.54, 1.807) is 15.9 Å². The summed E-state index contributed by atoms with van der Waals surface area (Å²) in [5, 5.41) is 0. The predicted molar refractivity (Wildman–Crippen MR) is 109 cm³/mol. The van der Waals surface area contributed by atoms with Crippen molar-refractivity contribution < 1.29 is 18.0 Å². The summed E-state index contributed by atoms with van der Waals surface area (Å²) in [6.07, 6.45) is 2.83. The van der Waals surface area contributed by atoms with Crippen LogP contribution in [0.1, 0.15) is 22.6 Å². The molecular weight excluding hydrogens is 398 g/mol. The second-order valence-electron chi connectivity index (χ2n) is 7.33. The number of hydrogen-bond donors (Lipinski definition) is 0. The maximum atomic E-state index is 12.9. The number of amides is 2. The molecule has 2 aliphatic rings. The van der Waals surface area contributed by atoms with Gasteiger partial charge in [-0.25, -0.2) is 8.42 Å². The van der Waals surface area contributed by atoms with E-state index in [1.165, 1.54) is 21.7 Å². The Morgan fingerprint density at radius 1 is 1.14 bits per heavy atom. The fraction of sp³-hybridized carbons (Fsp3) is 0.579. The molecule has 0 bridgehead atoms. The molecule has 2 saturated heterocycles. The molecule has 0 aliphatic carbocycles. The van der Waals surface area contributed by atoms with Crippen molar-refractivity contribution >= 4 is 33.2 Å². The van der Waals surface area contributed by atoms with Crippen LogP contribution < -0.4 is 0 Å². The Balaban J connectivity index is 1.62. The molecule has 0 spiro atoms. The van der Waals surface area contributed by atoms with Crippen LogP contribution in [0.4, 0.5) is 0 Å². The first kappa shape index (κ1) is 21.0. The van der Waals surface area contributed by atoms with Gasteiger partial charge in [-0.3, -0.25) is 9.59 Å². The van der Waals surface area contributed by atoms with Crippen LogP contribution in [-0.2, 0) is 19.6 Å². The summed E-state index contributed by atoms with van der Waals surface area (Å²) in [6, 6.07) is 1.72. The fourth-order valence-corrected chi connectivity index (χ4v) is 6.86. The molecule has 3 rings (SSSR count). The van der Waals surface area contributed by atoms with E-state index < -0.39 is 10.0 Å². The normalized spacial score (nSPS) is 21.6. The number of rotatable bonds is 4. The Labute approximate surface area is 170 Å². The standard InChI is InChI=1S/C19H27N3O4S2/c1-4-18(23)21-7-5-6-16(13-21)19(24)20-8-10-22(11-9-20)28(25,26)17-12-14(2)27-15(17)3/h4,12,16H,1,5-11,13H2,2-3H3. The molecule has 2 aliphatic heterocycles. The van der Waals surface area contributed by atoms with Gasteiger partial charge in [-0.2, -0.15) is 4.31 Å². The molecule has 2 fully saturated rings. The van der Waals surface area contributed by atoms with Crippen LogP contribution in [0.3, 0.4) is 0 Å². The molecule has 28 heavy (non-hydrogen) atoms. The largest absolute Gasteiger partial charge is 0.340 e. The number of carbonyl (C=O) groups excluding carboxylic acids is 2. The second-order valence-corrected chi connectivity index (χ2v) is 10.7. The third kappa shape index (κ3) is 4.16. The maximum absolute atomic E-state index is 12.9. The number of aryl methyl sites for hydroxylation is 2. The van der Waals surface area contributed by atoms with E-state index >= 15 is 0 Å². The van der Waals surface area contributed by atoms with Crippen molar-refractivity contribution in [1.29, 1.82) is 0 Å². The summed E-state index contributed by atoms with van der Waals surface area (Å²) in [5.41, 5.74) is 0. The first-order chi connectivity index (χ1) is 13.2. The number of hydrogen-bond acceptors (Lipinski definition) is 5. The Hall–Kier alpha value is -1.71. The van der Waals surface area contributed by atoms with Crippen molar-refractivity contribution in [2.75, 3.05) is 39.3 Å². The Morgan fingerprint density at radius 2 is 1.82 bits per heavy atom. The van der Waals surface area contributed by atoms with Crippen LogP contribution in [-0.4, -0.2) is 73.6 Å². The lowest BCUT2D eigenvalue weighted by Crippen LogP contribution is -2.54. The zero-order valence-corrected chi connectivity index (χ0v) is 18.0. The maximum Gasteiger partial charge on any atom is 0.245 e. The molecule has 1 atom stereocenters. The molecule has 7 nitrogen and oxygen atoms in total. The minimum atomic E-state index is -3.53. The van der Waals surface area contributed by atoms with Crippen molar-refractivity contribution in [3.8, 4) is 0 Å². The Bertz CT molecular complexity index is 870. The number of piperidine rings is 1. The van der Waals surface area contributed by atoms with Gasteiger partial charge < -0.3 is 9.80 Å². The summed E-state index contributed by atoms with van der Waals surface area (Å²) < 4.78 is 27.3. The van der Waals surface area contributed by atoms with E-state index in [0.29, 0.717) is 44.2 Å². The zero-order chi connectivity index (χ0) is 20.5. The summed E-state index contributed by atoms with van der Waals surface area (Å²) in [4.78, 5) is 30.3. The highest BCUT2D eigenvalue weighted by Gasteiger charge is 2.35. The van der Waals surface area contributed by atoms with Gasteiger partial charge in [0.25, 0.3) is 0 Å². The van der Waals surface area contributed by atoms with E-state index in [1.807, 2.05) is 13.8 Å². The van der Waals surface area contributed by atoms with Crippen LogP contribution in [0.25, 0.3) is 0 Å². The van der Waals surface area contributed by atoms with Crippen molar-refractivity contribution in [2.45, 2.75) is 31.6 Å². The van der Waals surface area contributed by atoms with Gasteiger partial charge in [0, 0.05) is 49.0 Å². The predicted octanol–water partition coefficient (Wildman–Crippen LogP) is 1.62. The quantitative estimate of drug-likeness (QED) is 0.687. The van der Waals surface area contributed by atoms with Crippen molar-refractivity contribution in [2.24, 2.45) is 5.92 Å². The zero-order valence-electron chi connectivity index (χ0n) is 16.4. The number of likely N-dealkylation sites (tertiary alicyclic amines) is 1. The minimum Gasteiger partial charge on any atom is -0.340 e. The van der Waals surface area contributed by atoms with Gasteiger partial charge in [-0.1, -0.05) is 6.58 Å². The van der Waals surface area contributed by atoms with Crippen molar-refractivity contribution in [1.82, 2.24) is 14.1 Å². The van der Waals surface area contributed by atoms with Gasteiger partial charge in [-0.05, 0) is 38.8 Å². The SMILES string of the molecule is C=CC(=O)N1CCCC(C(=O)N2CCN(S(=O)(=O)c3cc(C)sc3C)CC2)C1. The number of thiophene rings is 1. The van der Waals surface area contributed by atoms with Crippen molar-refractivity contribution in [3.63, 3.8) is 0 Å². The smallest absolute Gasteiger partial charge is 0.245 e. The first-order valence-electron chi connectivity index (χ1n) is 9.51. The lowest BCUT2D eigenvalue weighted by Gasteiger charge is -2.38. The molecule has 9 heteroatoms. The summed E-state index contributed by atoms with van der Waals surface area (Å²) in [7, 11) is -3.53. The van der Waals surface area contributed by atoms with Crippen LogP contribution in [0.5, 0.6) is 0 Å². The van der Waals surface area contributed by atoms with Crippen LogP contribution >= 0.6 is 11.3 Å². The lowest BCUT2D eigenvalue weighted by molar-refractivity contribution is -0.140. The van der Waals surface area contributed by atoms with E-state index in [-0.39, 0.29) is 17.7 Å². The highest BCUT2D eigenvalue weighted by molar-refractivity contribution is 7.89. The van der Waals surface area contributed by atoms with E-state index in [9.17, 15) is 18.0 Å². The first-order valence-corrected chi connectivity index (χ1v) is 11.8. The van der Waals surface area contributed by atoms with Crippen LogP contribution in [0.2, 0.25) is 0 Å². The second kappa shape index (κ2) is 8.34. The topological polar surface area (TPSA) is 78.0 Å². The molecule has 0 radical (unpaired) electrons. The van der Waals surface area contributed by atoms with Gasteiger partial charge in [0.15, 0.2) is 0 Å². The van der Waals surface area contributed by atoms with Gasteiger partial charge >= 0.3 is 0 Å². The molecule has 154 valence electrons. The van der Waals surface area contributed by atoms with E-state index in [0.717, 1.165) is 22.6 Å². The number of carbonyl (C=O) groups is 2. The highest BCUT2D eigenvalue weighted by Crippen LogP contribution is 2.28. The third-order valence-corrected chi connectivity index (χ3v) is 8.54. The molecule has 2 amide bonds. The monoisotopic (exact) mass is 425 g/mol. The van der Waals surface area contributed by atoms with Crippen LogP contribution in [0, 0.1) is 19.8 Å². The van der Waals surface area contributed by atoms with Crippen molar-refractivity contribution in [3.05, 3.63) is 28.5 Å². The summed E-state index contributed by atoms with van der Waals surface area (Å²) in [6.45, 7) is 9.65. The molecular formula is C19H27N3O4S2. The molecule has 1 aromatic rings. The molecule has 1 aromatic heterocycles. The molecule has 0 aromatic carbocycles. The fourth-order valence-electron chi connectivity index (χ4n) is 3.92. The summed E-state index contributed by atoms with van der Waals surface area (Å²) >= 11 is 1.48. The number of piperazine rings is 1. The van der Waals surface area contributed by atoms with Crippen LogP contribution in [0.15, 0.2) is 23.6 Å². The molecule has 3 heterocycles. The highest BCUT2D eigenvalue weighted by atomic mass is 32.2. The summed E-state index contributed by atoms with van der Waals surface area (Å²) in [5.74, 6) is -0.349. The number of nitrogens with zero attached hydrogens (tertiary/aromatic N) is 3. The Kier molecular flexibility index (Phi) is 6.26. The lowest BCUT2D eigenvalue weighted by atomic mass is 9.96. The molecule has 0 N–H and O–H groups in total. The number of sulfonamides is 1. The van der Waals surface area contributed by atoms with Gasteiger partial charge in [0.1, 0.15) is 0 Å². The average Bonchev–Trinajstić information content (AvgIpc) is 3.05. The minimum absolute atomic E-state index is 0.0150. The average molecular weight is 426 g/mol. The van der Waals surface area contributed by atoms with Gasteiger partial charge in [-0.15, -0.1) is 11.3 Å². The molecule has 1 unspecified atom stereocenters. The van der Waals surface area contributed by atoms with Gasteiger partial charge in [0.2, 0.25) is 21.8 Å². The van der Waals surface area contributed by atoms with E-state index in [2.05, 4.69) is 6.58 Å². The Morgan fingerprint density at radius 3 is 2.39 bits per heavy atom. The van der Waals surface area contributed by atoms with E-state index in [4.69, 9.17) is 0 Å². The van der Waals surface area contributed by atoms with Gasteiger partial charge in [0.05, 0.1) is 10.8 Å².